The summed E-state index contributed by atoms with van der Waals surface area (Å²) in [5.74, 6) is 0.198. The minimum absolute atomic E-state index is 0.149. The number of halogens is 1. The first-order valence-electron chi connectivity index (χ1n) is 6.68. The van der Waals surface area contributed by atoms with E-state index in [2.05, 4.69) is 4.98 Å². The average molecular weight is 274 g/mol. The van der Waals surface area contributed by atoms with Gasteiger partial charge in [0.15, 0.2) is 0 Å². The maximum absolute atomic E-state index is 13.4. The Hall–Kier alpha value is -2.10. The number of aromatic nitrogens is 1. The van der Waals surface area contributed by atoms with Crippen LogP contribution >= 0.6 is 0 Å². The molecule has 1 aromatic carbocycles. The third-order valence-corrected chi connectivity index (χ3v) is 3.04. The molecule has 0 bridgehead atoms. The number of benzene rings is 1. The van der Waals surface area contributed by atoms with Gasteiger partial charge in [0.25, 0.3) is 0 Å². The highest BCUT2D eigenvalue weighted by Gasteiger charge is 2.09. The molecule has 1 aromatic heterocycles. The first-order chi connectivity index (χ1) is 9.51. The molecule has 4 heteroatoms. The van der Waals surface area contributed by atoms with Crippen LogP contribution in [-0.4, -0.2) is 11.6 Å². The number of aryl methyl sites for hydroxylation is 2. The number of anilines is 1. The van der Waals surface area contributed by atoms with Crippen LogP contribution in [0.3, 0.4) is 0 Å². The zero-order chi connectivity index (χ0) is 14.7. The molecule has 0 fully saturated rings. The molecular weight excluding hydrogens is 255 g/mol. The van der Waals surface area contributed by atoms with E-state index >= 15 is 0 Å². The van der Waals surface area contributed by atoms with E-state index in [9.17, 15) is 4.39 Å². The largest absolute Gasteiger partial charge is 0.478 e. The SMILES string of the molecule is CCCOc1cc(-c2cc(N)c(F)cc2C)cc(C)n1. The molecule has 20 heavy (non-hydrogen) atoms. The van der Waals surface area contributed by atoms with Crippen molar-refractivity contribution >= 4 is 5.69 Å². The Balaban J connectivity index is 2.47. The highest BCUT2D eigenvalue weighted by molar-refractivity contribution is 5.72. The molecule has 0 saturated carbocycles. The summed E-state index contributed by atoms with van der Waals surface area (Å²) in [4.78, 5) is 4.34. The highest BCUT2D eigenvalue weighted by atomic mass is 19.1. The molecular formula is C16H19FN2O. The van der Waals surface area contributed by atoms with Crippen LogP contribution < -0.4 is 10.5 Å². The Morgan fingerprint density at radius 2 is 1.95 bits per heavy atom. The lowest BCUT2D eigenvalue weighted by atomic mass is 10.00. The standard InChI is InChI=1S/C16H19FN2O/c1-4-5-20-16-8-12(7-11(3)19-16)13-9-15(18)14(17)6-10(13)2/h6-9H,4-5,18H2,1-3H3. The van der Waals surface area contributed by atoms with Gasteiger partial charge in [-0.05, 0) is 55.2 Å². The van der Waals surface area contributed by atoms with E-state index in [4.69, 9.17) is 10.5 Å². The smallest absolute Gasteiger partial charge is 0.214 e. The monoisotopic (exact) mass is 274 g/mol. The van der Waals surface area contributed by atoms with Gasteiger partial charge in [0, 0.05) is 11.8 Å². The van der Waals surface area contributed by atoms with Gasteiger partial charge in [0.2, 0.25) is 5.88 Å². The second-order valence-corrected chi connectivity index (χ2v) is 4.87. The fourth-order valence-electron chi connectivity index (χ4n) is 2.07. The molecule has 0 amide bonds. The molecule has 2 N–H and O–H groups in total. The molecule has 1 heterocycles. The number of nitrogens with zero attached hydrogens (tertiary/aromatic N) is 1. The number of nitrogens with two attached hydrogens (primary N) is 1. The normalized spacial score (nSPS) is 10.6. The maximum Gasteiger partial charge on any atom is 0.214 e. The number of hydrogen-bond donors (Lipinski definition) is 1. The first kappa shape index (κ1) is 14.3. The third-order valence-electron chi connectivity index (χ3n) is 3.04. The molecule has 0 aliphatic rings. The summed E-state index contributed by atoms with van der Waals surface area (Å²) in [6.07, 6.45) is 0.924. The van der Waals surface area contributed by atoms with Crippen molar-refractivity contribution in [3.8, 4) is 17.0 Å². The van der Waals surface area contributed by atoms with E-state index in [1.807, 2.05) is 32.9 Å². The predicted octanol–water partition coefficient (Wildman–Crippen LogP) is 3.88. The number of rotatable bonds is 4. The summed E-state index contributed by atoms with van der Waals surface area (Å²) in [5, 5.41) is 0. The van der Waals surface area contributed by atoms with Crippen molar-refractivity contribution in [2.24, 2.45) is 0 Å². The van der Waals surface area contributed by atoms with Gasteiger partial charge in [0.1, 0.15) is 5.82 Å². The molecule has 0 atom stereocenters. The van der Waals surface area contributed by atoms with Gasteiger partial charge < -0.3 is 10.5 Å². The van der Waals surface area contributed by atoms with Gasteiger partial charge >= 0.3 is 0 Å². The van der Waals surface area contributed by atoms with Gasteiger partial charge in [-0.2, -0.15) is 0 Å². The lowest BCUT2D eigenvalue weighted by Gasteiger charge is -2.11. The van der Waals surface area contributed by atoms with Crippen LogP contribution in [0, 0.1) is 19.7 Å². The molecule has 0 aliphatic heterocycles. The van der Waals surface area contributed by atoms with E-state index in [-0.39, 0.29) is 11.5 Å². The molecule has 0 saturated heterocycles. The Morgan fingerprint density at radius 1 is 1.20 bits per heavy atom. The van der Waals surface area contributed by atoms with Gasteiger partial charge in [-0.25, -0.2) is 9.37 Å². The number of ether oxygens (including phenoxy) is 1. The Kier molecular flexibility index (Phi) is 4.23. The summed E-state index contributed by atoms with van der Waals surface area (Å²) in [5.41, 5.74) is 9.34. The zero-order valence-electron chi connectivity index (χ0n) is 12.0. The van der Waals surface area contributed by atoms with Crippen LogP contribution in [0.1, 0.15) is 24.6 Å². The van der Waals surface area contributed by atoms with Crippen molar-refractivity contribution in [1.82, 2.24) is 4.98 Å². The maximum atomic E-state index is 13.4. The van der Waals surface area contributed by atoms with Crippen LogP contribution in [-0.2, 0) is 0 Å². The van der Waals surface area contributed by atoms with Crippen molar-refractivity contribution in [3.05, 3.63) is 41.3 Å². The average Bonchev–Trinajstić information content (AvgIpc) is 2.40. The zero-order valence-corrected chi connectivity index (χ0v) is 12.0. The molecule has 0 aliphatic carbocycles. The predicted molar refractivity (Wildman–Crippen MR) is 79.3 cm³/mol. The van der Waals surface area contributed by atoms with E-state index in [0.717, 1.165) is 28.8 Å². The van der Waals surface area contributed by atoms with E-state index in [0.29, 0.717) is 12.5 Å². The van der Waals surface area contributed by atoms with Crippen molar-refractivity contribution in [2.45, 2.75) is 27.2 Å². The topological polar surface area (TPSA) is 48.1 Å². The molecule has 106 valence electrons. The third kappa shape index (κ3) is 3.07. The van der Waals surface area contributed by atoms with E-state index < -0.39 is 0 Å². The van der Waals surface area contributed by atoms with Gasteiger partial charge in [-0.3, -0.25) is 0 Å². The van der Waals surface area contributed by atoms with E-state index in [1.54, 1.807) is 6.07 Å². The number of nitrogen functional groups attached to an aromatic ring is 1. The van der Waals surface area contributed by atoms with Crippen LogP contribution in [0.15, 0.2) is 24.3 Å². The molecule has 2 rings (SSSR count). The fourth-order valence-corrected chi connectivity index (χ4v) is 2.07. The van der Waals surface area contributed by atoms with Crippen LogP contribution in [0.25, 0.3) is 11.1 Å². The summed E-state index contributed by atoms with van der Waals surface area (Å²) in [6, 6.07) is 6.91. The van der Waals surface area contributed by atoms with Gasteiger partial charge in [0.05, 0.1) is 12.3 Å². The summed E-state index contributed by atoms with van der Waals surface area (Å²) in [7, 11) is 0. The minimum atomic E-state index is -0.389. The van der Waals surface area contributed by atoms with Crippen LogP contribution in [0.2, 0.25) is 0 Å². The second-order valence-electron chi connectivity index (χ2n) is 4.87. The number of hydrogen-bond acceptors (Lipinski definition) is 3. The van der Waals surface area contributed by atoms with Gasteiger partial charge in [-0.1, -0.05) is 6.92 Å². The molecule has 0 spiro atoms. The van der Waals surface area contributed by atoms with Gasteiger partial charge in [-0.15, -0.1) is 0 Å². The molecule has 0 radical (unpaired) electrons. The van der Waals surface area contributed by atoms with Crippen LogP contribution in [0.4, 0.5) is 10.1 Å². The summed E-state index contributed by atoms with van der Waals surface area (Å²) >= 11 is 0. The lowest BCUT2D eigenvalue weighted by molar-refractivity contribution is 0.305. The highest BCUT2D eigenvalue weighted by Crippen LogP contribution is 2.29. The van der Waals surface area contributed by atoms with Crippen molar-refractivity contribution in [2.75, 3.05) is 12.3 Å². The first-order valence-corrected chi connectivity index (χ1v) is 6.68. The quantitative estimate of drug-likeness (QED) is 0.861. The van der Waals surface area contributed by atoms with Crippen molar-refractivity contribution in [1.29, 1.82) is 0 Å². The molecule has 3 nitrogen and oxygen atoms in total. The molecule has 0 unspecified atom stereocenters. The Bertz CT molecular complexity index is 626. The van der Waals surface area contributed by atoms with Crippen molar-refractivity contribution in [3.63, 3.8) is 0 Å². The fraction of sp³-hybridized carbons (Fsp3) is 0.312. The van der Waals surface area contributed by atoms with E-state index in [1.165, 1.54) is 6.07 Å². The summed E-state index contributed by atoms with van der Waals surface area (Å²) < 4.78 is 19.0. The molecule has 2 aromatic rings. The summed E-state index contributed by atoms with van der Waals surface area (Å²) in [6.45, 7) is 6.44. The lowest BCUT2D eigenvalue weighted by Crippen LogP contribution is -1.99. The van der Waals surface area contributed by atoms with Crippen LogP contribution in [0.5, 0.6) is 5.88 Å². The Morgan fingerprint density at radius 3 is 2.65 bits per heavy atom. The second kappa shape index (κ2) is 5.90. The Labute approximate surface area is 118 Å². The number of pyridine rings is 1. The van der Waals surface area contributed by atoms with Crippen molar-refractivity contribution < 1.29 is 9.13 Å². The minimum Gasteiger partial charge on any atom is -0.478 e.